The van der Waals surface area contributed by atoms with Gasteiger partial charge in [-0.25, -0.2) is 4.98 Å². The van der Waals surface area contributed by atoms with Gasteiger partial charge < -0.3 is 10.6 Å². The molecule has 4 rings (SSSR count). The van der Waals surface area contributed by atoms with Crippen LogP contribution in [0.2, 0.25) is 0 Å². The summed E-state index contributed by atoms with van der Waals surface area (Å²) in [6, 6.07) is 15.3. The quantitative estimate of drug-likeness (QED) is 0.359. The summed E-state index contributed by atoms with van der Waals surface area (Å²) in [5.41, 5.74) is 1.48. The Morgan fingerprint density at radius 3 is 2.26 bits per heavy atom. The number of hydrogen-bond donors (Lipinski definition) is 2. The van der Waals surface area contributed by atoms with Gasteiger partial charge in [0.05, 0.1) is 18.8 Å². The molecule has 2 N–H and O–H groups in total. The Bertz CT molecular complexity index is 1120. The van der Waals surface area contributed by atoms with E-state index in [1.165, 1.54) is 11.8 Å². The number of nitrogens with zero attached hydrogens (tertiary/aromatic N) is 2. The minimum Gasteiger partial charge on any atom is -0.350 e. The summed E-state index contributed by atoms with van der Waals surface area (Å²) in [5.74, 6) is 0.138. The largest absolute Gasteiger partial charge is 0.350 e. The van der Waals surface area contributed by atoms with Crippen molar-refractivity contribution >= 4 is 46.2 Å². The smallest absolute Gasteiger partial charge is 0.251 e. The van der Waals surface area contributed by atoms with Crippen molar-refractivity contribution in [3.63, 3.8) is 0 Å². The monoisotopic (exact) mass is 468 g/mol. The van der Waals surface area contributed by atoms with Gasteiger partial charge in [-0.15, -0.1) is 22.7 Å². The first-order valence-electron chi connectivity index (χ1n) is 9.55. The standard InChI is InChI=1S/C22H20N4O2S3/c27-20(24-13-18-3-1-11-29-18)15-31-22-23-9-10-26(22)17-7-5-16(6-8-17)21(28)25-14-19-4-2-12-30-19/h1-12H,13-15H2,(H,24,27)(H,25,28). The van der Waals surface area contributed by atoms with Crippen LogP contribution in [0.25, 0.3) is 5.69 Å². The highest BCUT2D eigenvalue weighted by atomic mass is 32.2. The number of carbonyl (C=O) groups is 2. The Balaban J connectivity index is 1.32. The van der Waals surface area contributed by atoms with E-state index in [4.69, 9.17) is 0 Å². The maximum Gasteiger partial charge on any atom is 0.251 e. The van der Waals surface area contributed by atoms with E-state index in [1.54, 1.807) is 41.0 Å². The lowest BCUT2D eigenvalue weighted by molar-refractivity contribution is -0.118. The minimum atomic E-state index is -0.109. The molecule has 0 aliphatic heterocycles. The van der Waals surface area contributed by atoms with Gasteiger partial charge in [-0.2, -0.15) is 0 Å². The Kier molecular flexibility index (Phi) is 7.18. The second-order valence-electron chi connectivity index (χ2n) is 6.53. The van der Waals surface area contributed by atoms with Gasteiger partial charge in [0.25, 0.3) is 5.91 Å². The third kappa shape index (κ3) is 5.84. The van der Waals surface area contributed by atoms with Crippen molar-refractivity contribution in [1.82, 2.24) is 20.2 Å². The maximum absolute atomic E-state index is 12.4. The van der Waals surface area contributed by atoms with Crippen LogP contribution in [0.1, 0.15) is 20.1 Å². The van der Waals surface area contributed by atoms with Gasteiger partial charge in [-0.3, -0.25) is 14.2 Å². The summed E-state index contributed by atoms with van der Waals surface area (Å²) in [6.45, 7) is 1.07. The van der Waals surface area contributed by atoms with Gasteiger partial charge in [0, 0.05) is 33.4 Å². The van der Waals surface area contributed by atoms with Crippen molar-refractivity contribution in [3.05, 3.63) is 87.0 Å². The van der Waals surface area contributed by atoms with Crippen LogP contribution < -0.4 is 10.6 Å². The summed E-state index contributed by atoms with van der Waals surface area (Å²) < 4.78 is 1.91. The second-order valence-corrected chi connectivity index (χ2v) is 9.54. The average molecular weight is 469 g/mol. The van der Waals surface area contributed by atoms with Crippen molar-refractivity contribution in [1.29, 1.82) is 0 Å². The highest BCUT2D eigenvalue weighted by Crippen LogP contribution is 2.21. The molecule has 0 saturated carbocycles. The molecule has 0 aliphatic rings. The lowest BCUT2D eigenvalue weighted by Crippen LogP contribution is -2.24. The number of nitrogens with one attached hydrogen (secondary N) is 2. The topological polar surface area (TPSA) is 76.0 Å². The first-order chi connectivity index (χ1) is 15.2. The summed E-state index contributed by atoms with van der Waals surface area (Å²) in [4.78, 5) is 31.1. The Morgan fingerprint density at radius 2 is 1.61 bits per heavy atom. The number of carbonyl (C=O) groups excluding carboxylic acids is 2. The minimum absolute atomic E-state index is 0.0364. The number of benzene rings is 1. The number of thioether (sulfide) groups is 1. The number of rotatable bonds is 9. The molecule has 6 nitrogen and oxygen atoms in total. The fourth-order valence-corrected chi connectivity index (χ4v) is 4.92. The maximum atomic E-state index is 12.4. The van der Waals surface area contributed by atoms with E-state index >= 15 is 0 Å². The van der Waals surface area contributed by atoms with E-state index in [-0.39, 0.29) is 17.6 Å². The molecule has 9 heteroatoms. The van der Waals surface area contributed by atoms with Crippen LogP contribution in [0, 0.1) is 0 Å². The van der Waals surface area contributed by atoms with Crippen LogP contribution >= 0.6 is 34.4 Å². The molecule has 0 aliphatic carbocycles. The predicted octanol–water partition coefficient (Wildman–Crippen LogP) is 4.33. The average Bonchev–Trinajstić information content (AvgIpc) is 3.57. The molecule has 3 heterocycles. The molecule has 31 heavy (non-hydrogen) atoms. The molecule has 1 aromatic carbocycles. The molecule has 0 radical (unpaired) electrons. The lowest BCUT2D eigenvalue weighted by atomic mass is 10.2. The molecule has 0 saturated heterocycles. The van der Waals surface area contributed by atoms with Crippen LogP contribution in [-0.2, 0) is 17.9 Å². The molecule has 158 valence electrons. The summed E-state index contributed by atoms with van der Waals surface area (Å²) >= 11 is 4.61. The molecule has 3 aromatic heterocycles. The highest BCUT2D eigenvalue weighted by molar-refractivity contribution is 7.99. The predicted molar refractivity (Wildman–Crippen MR) is 126 cm³/mol. The molecule has 0 fully saturated rings. The van der Waals surface area contributed by atoms with Crippen molar-refractivity contribution in [2.45, 2.75) is 18.2 Å². The zero-order valence-corrected chi connectivity index (χ0v) is 18.9. The van der Waals surface area contributed by atoms with E-state index in [9.17, 15) is 9.59 Å². The first-order valence-corrected chi connectivity index (χ1v) is 12.3. The van der Waals surface area contributed by atoms with Gasteiger partial charge >= 0.3 is 0 Å². The zero-order chi connectivity index (χ0) is 21.5. The molecule has 4 aromatic rings. The summed E-state index contributed by atoms with van der Waals surface area (Å²) in [5, 5.41) is 10.6. The molecule has 2 amide bonds. The lowest BCUT2D eigenvalue weighted by Gasteiger charge is -2.09. The number of aromatic nitrogens is 2. The molecular weight excluding hydrogens is 448 g/mol. The molecule has 0 bridgehead atoms. The van der Waals surface area contributed by atoms with E-state index < -0.39 is 0 Å². The van der Waals surface area contributed by atoms with Crippen molar-refractivity contribution < 1.29 is 9.59 Å². The Morgan fingerprint density at radius 1 is 0.935 bits per heavy atom. The normalized spacial score (nSPS) is 10.7. The fourth-order valence-electron chi connectivity index (χ4n) is 2.83. The fraction of sp³-hybridized carbons (Fsp3) is 0.136. The van der Waals surface area contributed by atoms with Crippen LogP contribution in [-0.4, -0.2) is 27.1 Å². The summed E-state index contributed by atoms with van der Waals surface area (Å²) in [6.07, 6.45) is 3.55. The number of thiophene rings is 2. The van der Waals surface area contributed by atoms with Gasteiger partial charge in [-0.1, -0.05) is 23.9 Å². The van der Waals surface area contributed by atoms with Gasteiger partial charge in [0.15, 0.2) is 5.16 Å². The van der Waals surface area contributed by atoms with Crippen LogP contribution in [0.3, 0.4) is 0 Å². The van der Waals surface area contributed by atoms with Gasteiger partial charge in [0.2, 0.25) is 5.91 Å². The number of amides is 2. The first kappa shape index (κ1) is 21.4. The third-order valence-electron chi connectivity index (χ3n) is 4.39. The number of hydrogen-bond acceptors (Lipinski definition) is 6. The second kappa shape index (κ2) is 10.4. The Hall–Kier alpha value is -2.88. The SMILES string of the molecule is O=C(CSc1nccn1-c1ccc(C(=O)NCc2cccs2)cc1)NCc1cccs1. The summed E-state index contributed by atoms with van der Waals surface area (Å²) in [7, 11) is 0. The van der Waals surface area contributed by atoms with E-state index in [1.807, 2.05) is 57.9 Å². The molecular formula is C22H20N4O2S3. The van der Waals surface area contributed by atoms with Crippen LogP contribution in [0.5, 0.6) is 0 Å². The third-order valence-corrected chi connectivity index (χ3v) is 7.11. The van der Waals surface area contributed by atoms with Gasteiger partial charge in [-0.05, 0) is 47.2 Å². The molecule has 0 spiro atoms. The van der Waals surface area contributed by atoms with Crippen LogP contribution in [0.15, 0.2) is 76.8 Å². The van der Waals surface area contributed by atoms with E-state index in [2.05, 4.69) is 15.6 Å². The Labute approximate surface area is 192 Å². The molecule has 0 atom stereocenters. The van der Waals surface area contributed by atoms with Crippen molar-refractivity contribution in [2.24, 2.45) is 0 Å². The molecule has 0 unspecified atom stereocenters. The van der Waals surface area contributed by atoms with Crippen molar-refractivity contribution in [2.75, 3.05) is 5.75 Å². The van der Waals surface area contributed by atoms with E-state index in [0.717, 1.165) is 20.6 Å². The van der Waals surface area contributed by atoms with Crippen LogP contribution in [0.4, 0.5) is 0 Å². The highest BCUT2D eigenvalue weighted by Gasteiger charge is 2.11. The van der Waals surface area contributed by atoms with Gasteiger partial charge in [0.1, 0.15) is 0 Å². The van der Waals surface area contributed by atoms with Crippen molar-refractivity contribution in [3.8, 4) is 5.69 Å². The zero-order valence-electron chi connectivity index (χ0n) is 16.5. The number of imidazole rings is 1. The van der Waals surface area contributed by atoms with E-state index in [0.29, 0.717) is 18.7 Å².